The first-order valence-electron chi connectivity index (χ1n) is 7.68. The number of nitrogens with one attached hydrogen (secondary N) is 3. The van der Waals surface area contributed by atoms with E-state index >= 15 is 0 Å². The second-order valence-electron chi connectivity index (χ2n) is 5.58. The lowest BCUT2D eigenvalue weighted by molar-refractivity contribution is -0.918. The van der Waals surface area contributed by atoms with Crippen molar-refractivity contribution < 1.29 is 9.64 Å². The van der Waals surface area contributed by atoms with Crippen LogP contribution in [0.1, 0.15) is 18.4 Å². The van der Waals surface area contributed by atoms with Gasteiger partial charge in [0, 0.05) is 38.1 Å². The summed E-state index contributed by atoms with van der Waals surface area (Å²) in [6.07, 6.45) is 2.35. The first-order valence-corrected chi connectivity index (χ1v) is 8.09. The summed E-state index contributed by atoms with van der Waals surface area (Å²) in [6, 6.07) is 11.2. The first-order chi connectivity index (χ1) is 10.3. The molecule has 0 atom stereocenters. The lowest BCUT2D eigenvalue weighted by Crippen LogP contribution is -3.12. The smallest absolute Gasteiger partial charge is 0.166 e. The summed E-state index contributed by atoms with van der Waals surface area (Å²) < 4.78 is 5.00. The summed E-state index contributed by atoms with van der Waals surface area (Å²) in [6.45, 7) is 4.98. The monoisotopic (exact) mass is 308 g/mol. The van der Waals surface area contributed by atoms with Crippen molar-refractivity contribution in [3.05, 3.63) is 35.9 Å². The standard InChI is InChI=1S/C16H25N3OS/c1-20-12-9-17-16(21)18-15-7-10-19(11-8-15)13-14-5-3-2-4-6-14/h2-6,15H,7-13H2,1H3,(H2,17,18,21)/p+1. The van der Waals surface area contributed by atoms with Gasteiger partial charge in [0.1, 0.15) is 6.54 Å². The average molecular weight is 308 g/mol. The highest BCUT2D eigenvalue weighted by molar-refractivity contribution is 7.80. The van der Waals surface area contributed by atoms with Crippen LogP contribution in [0.25, 0.3) is 0 Å². The second kappa shape index (κ2) is 8.97. The summed E-state index contributed by atoms with van der Waals surface area (Å²) in [7, 11) is 1.70. The van der Waals surface area contributed by atoms with Gasteiger partial charge in [-0.05, 0) is 12.2 Å². The van der Waals surface area contributed by atoms with Crippen LogP contribution in [0, 0.1) is 0 Å². The molecule has 0 radical (unpaired) electrons. The van der Waals surface area contributed by atoms with Crippen LogP contribution < -0.4 is 15.5 Å². The molecule has 1 saturated heterocycles. The fourth-order valence-corrected chi connectivity index (χ4v) is 3.00. The Hall–Kier alpha value is -1.17. The molecule has 0 amide bonds. The zero-order valence-electron chi connectivity index (χ0n) is 12.7. The summed E-state index contributed by atoms with van der Waals surface area (Å²) in [4.78, 5) is 1.66. The number of piperidine rings is 1. The maximum atomic E-state index is 5.30. The maximum absolute atomic E-state index is 5.30. The van der Waals surface area contributed by atoms with Gasteiger partial charge in [-0.15, -0.1) is 0 Å². The van der Waals surface area contributed by atoms with Crippen LogP contribution in [0.5, 0.6) is 0 Å². The number of quaternary nitrogens is 1. The Balaban J connectivity index is 1.65. The molecule has 2 rings (SSSR count). The minimum absolute atomic E-state index is 0.507. The highest BCUT2D eigenvalue weighted by atomic mass is 32.1. The van der Waals surface area contributed by atoms with E-state index in [1.165, 1.54) is 31.5 Å². The van der Waals surface area contributed by atoms with E-state index in [2.05, 4.69) is 41.0 Å². The molecule has 1 aliphatic heterocycles. The summed E-state index contributed by atoms with van der Waals surface area (Å²) in [5.41, 5.74) is 1.43. The minimum Gasteiger partial charge on any atom is -0.383 e. The zero-order valence-corrected chi connectivity index (χ0v) is 13.5. The average Bonchev–Trinajstić information content (AvgIpc) is 2.51. The largest absolute Gasteiger partial charge is 0.383 e. The molecular formula is C16H26N3OS+. The molecule has 0 aromatic heterocycles. The van der Waals surface area contributed by atoms with Crippen LogP contribution in [-0.2, 0) is 11.3 Å². The second-order valence-corrected chi connectivity index (χ2v) is 5.99. The van der Waals surface area contributed by atoms with Crippen molar-refractivity contribution in [1.29, 1.82) is 0 Å². The van der Waals surface area contributed by atoms with Gasteiger partial charge < -0.3 is 20.3 Å². The molecule has 0 bridgehead atoms. The SMILES string of the molecule is COCCNC(=S)NC1CC[NH+](Cc2ccccc2)CC1. The summed E-state index contributed by atoms with van der Waals surface area (Å²) in [5, 5.41) is 7.34. The number of thiocarbonyl (C=S) groups is 1. The molecular weight excluding hydrogens is 282 g/mol. The first kappa shape index (κ1) is 16.2. The third-order valence-corrected chi connectivity index (χ3v) is 4.18. The van der Waals surface area contributed by atoms with Gasteiger partial charge in [-0.25, -0.2) is 0 Å². The molecule has 0 aliphatic carbocycles. The van der Waals surface area contributed by atoms with E-state index in [0.29, 0.717) is 12.6 Å². The van der Waals surface area contributed by atoms with E-state index in [-0.39, 0.29) is 0 Å². The van der Waals surface area contributed by atoms with E-state index in [0.717, 1.165) is 18.2 Å². The van der Waals surface area contributed by atoms with Crippen molar-refractivity contribution in [3.63, 3.8) is 0 Å². The predicted octanol–water partition coefficient (Wildman–Crippen LogP) is 0.344. The van der Waals surface area contributed by atoms with Crippen molar-refractivity contribution in [2.45, 2.75) is 25.4 Å². The topological polar surface area (TPSA) is 37.7 Å². The molecule has 1 heterocycles. The van der Waals surface area contributed by atoms with Crippen molar-refractivity contribution >= 4 is 17.3 Å². The van der Waals surface area contributed by atoms with Gasteiger partial charge in [0.15, 0.2) is 5.11 Å². The van der Waals surface area contributed by atoms with E-state index in [9.17, 15) is 0 Å². The predicted molar refractivity (Wildman–Crippen MR) is 89.5 cm³/mol. The number of hydrogen-bond donors (Lipinski definition) is 3. The molecule has 1 aromatic rings. The lowest BCUT2D eigenvalue weighted by Gasteiger charge is -2.30. The van der Waals surface area contributed by atoms with Gasteiger partial charge in [0.2, 0.25) is 0 Å². The number of likely N-dealkylation sites (tertiary alicyclic amines) is 1. The maximum Gasteiger partial charge on any atom is 0.166 e. The third kappa shape index (κ3) is 5.99. The molecule has 21 heavy (non-hydrogen) atoms. The zero-order chi connectivity index (χ0) is 14.9. The van der Waals surface area contributed by atoms with E-state index < -0.39 is 0 Å². The lowest BCUT2D eigenvalue weighted by atomic mass is 10.0. The Morgan fingerprint density at radius 1 is 1.29 bits per heavy atom. The van der Waals surface area contributed by atoms with E-state index in [1.807, 2.05) is 0 Å². The fraction of sp³-hybridized carbons (Fsp3) is 0.562. The quantitative estimate of drug-likeness (QED) is 0.524. The van der Waals surface area contributed by atoms with Crippen molar-refractivity contribution in [1.82, 2.24) is 10.6 Å². The van der Waals surface area contributed by atoms with Gasteiger partial charge in [-0.3, -0.25) is 0 Å². The van der Waals surface area contributed by atoms with Gasteiger partial charge in [0.25, 0.3) is 0 Å². The van der Waals surface area contributed by atoms with Crippen LogP contribution in [0.2, 0.25) is 0 Å². The Morgan fingerprint density at radius 3 is 2.67 bits per heavy atom. The molecule has 0 spiro atoms. The van der Waals surface area contributed by atoms with Crippen LogP contribution in [0.4, 0.5) is 0 Å². The van der Waals surface area contributed by atoms with Gasteiger partial charge in [-0.1, -0.05) is 30.3 Å². The van der Waals surface area contributed by atoms with Crippen LogP contribution in [0.15, 0.2) is 30.3 Å². The van der Waals surface area contributed by atoms with Crippen LogP contribution >= 0.6 is 12.2 Å². The third-order valence-electron chi connectivity index (χ3n) is 3.92. The van der Waals surface area contributed by atoms with Crippen molar-refractivity contribution in [2.75, 3.05) is 33.4 Å². The van der Waals surface area contributed by atoms with Gasteiger partial charge >= 0.3 is 0 Å². The molecule has 1 aromatic carbocycles. The fourth-order valence-electron chi connectivity index (χ4n) is 2.73. The number of rotatable bonds is 6. The minimum atomic E-state index is 0.507. The van der Waals surface area contributed by atoms with E-state index in [4.69, 9.17) is 17.0 Å². The molecule has 1 aliphatic rings. The van der Waals surface area contributed by atoms with Crippen molar-refractivity contribution in [2.24, 2.45) is 0 Å². The summed E-state index contributed by atoms with van der Waals surface area (Å²) in [5.74, 6) is 0. The molecule has 0 saturated carbocycles. The Bertz CT molecular complexity index is 419. The molecule has 1 fully saturated rings. The molecule has 0 unspecified atom stereocenters. The number of ether oxygens (including phenoxy) is 1. The number of benzene rings is 1. The number of hydrogen-bond acceptors (Lipinski definition) is 2. The Kier molecular flexibility index (Phi) is 6.92. The summed E-state index contributed by atoms with van der Waals surface area (Å²) >= 11 is 5.30. The van der Waals surface area contributed by atoms with E-state index in [1.54, 1.807) is 12.0 Å². The number of methoxy groups -OCH3 is 1. The van der Waals surface area contributed by atoms with Gasteiger partial charge in [0.05, 0.1) is 19.7 Å². The normalized spacial score (nSPS) is 21.8. The highest BCUT2D eigenvalue weighted by Crippen LogP contribution is 2.01. The van der Waals surface area contributed by atoms with Crippen molar-refractivity contribution in [3.8, 4) is 0 Å². The molecule has 4 nitrogen and oxygen atoms in total. The Morgan fingerprint density at radius 2 is 2.00 bits per heavy atom. The van der Waals surface area contributed by atoms with Crippen LogP contribution in [-0.4, -0.2) is 44.5 Å². The highest BCUT2D eigenvalue weighted by Gasteiger charge is 2.22. The molecule has 3 N–H and O–H groups in total. The van der Waals surface area contributed by atoms with Crippen LogP contribution in [0.3, 0.4) is 0 Å². The molecule has 116 valence electrons. The molecule has 5 heteroatoms. The Labute approximate surface area is 132 Å². The van der Waals surface area contributed by atoms with Gasteiger partial charge in [-0.2, -0.15) is 0 Å².